The SMILES string of the molecule is Cc1cccn2nc(NCCCC(C)O)nc12. The summed E-state index contributed by atoms with van der Waals surface area (Å²) in [6.07, 6.45) is 3.34. The molecular formula is C12H18N4O. The molecule has 2 rings (SSSR count). The average Bonchev–Trinajstić information content (AvgIpc) is 2.69. The summed E-state index contributed by atoms with van der Waals surface area (Å²) in [7, 11) is 0. The molecule has 0 aliphatic heterocycles. The van der Waals surface area contributed by atoms with Crippen LogP contribution in [0.4, 0.5) is 5.95 Å². The van der Waals surface area contributed by atoms with Crippen molar-refractivity contribution in [3.63, 3.8) is 0 Å². The number of anilines is 1. The molecule has 0 amide bonds. The number of pyridine rings is 1. The molecule has 5 heteroatoms. The molecule has 0 bridgehead atoms. The van der Waals surface area contributed by atoms with Crippen LogP contribution >= 0.6 is 0 Å². The molecule has 0 saturated carbocycles. The highest BCUT2D eigenvalue weighted by atomic mass is 16.3. The Bertz CT molecular complexity index is 492. The van der Waals surface area contributed by atoms with E-state index in [0.29, 0.717) is 5.95 Å². The first-order valence-electron chi connectivity index (χ1n) is 5.91. The van der Waals surface area contributed by atoms with Crippen LogP contribution < -0.4 is 5.32 Å². The van der Waals surface area contributed by atoms with E-state index in [1.54, 1.807) is 11.4 Å². The summed E-state index contributed by atoms with van der Waals surface area (Å²) in [6, 6.07) is 3.97. The van der Waals surface area contributed by atoms with Crippen molar-refractivity contribution >= 4 is 11.6 Å². The van der Waals surface area contributed by atoms with Crippen LogP contribution in [0.2, 0.25) is 0 Å². The van der Waals surface area contributed by atoms with Gasteiger partial charge in [-0.25, -0.2) is 4.52 Å². The van der Waals surface area contributed by atoms with Gasteiger partial charge in [-0.15, -0.1) is 5.10 Å². The largest absolute Gasteiger partial charge is 0.393 e. The summed E-state index contributed by atoms with van der Waals surface area (Å²) in [5, 5.41) is 16.6. The van der Waals surface area contributed by atoms with Gasteiger partial charge in [-0.2, -0.15) is 4.98 Å². The zero-order chi connectivity index (χ0) is 12.3. The molecule has 2 heterocycles. The Labute approximate surface area is 100 Å². The summed E-state index contributed by atoms with van der Waals surface area (Å²) in [4.78, 5) is 4.41. The topological polar surface area (TPSA) is 62.5 Å². The van der Waals surface area contributed by atoms with Crippen LogP contribution in [-0.4, -0.2) is 32.4 Å². The van der Waals surface area contributed by atoms with Gasteiger partial charge in [-0.3, -0.25) is 0 Å². The van der Waals surface area contributed by atoms with Crippen LogP contribution in [0.5, 0.6) is 0 Å². The third kappa shape index (κ3) is 2.94. The van der Waals surface area contributed by atoms with E-state index in [1.807, 2.05) is 25.3 Å². The van der Waals surface area contributed by atoms with E-state index >= 15 is 0 Å². The second-order valence-corrected chi connectivity index (χ2v) is 4.31. The standard InChI is InChI=1S/C12H18N4O/c1-9-5-4-8-16-11(9)14-12(15-16)13-7-3-6-10(2)17/h4-5,8,10,17H,3,6-7H2,1-2H3,(H,13,15). The van der Waals surface area contributed by atoms with Crippen molar-refractivity contribution in [2.24, 2.45) is 0 Å². The van der Waals surface area contributed by atoms with Gasteiger partial charge in [-0.1, -0.05) is 6.07 Å². The molecular weight excluding hydrogens is 216 g/mol. The number of hydrogen-bond acceptors (Lipinski definition) is 4. The summed E-state index contributed by atoms with van der Waals surface area (Å²) in [5.41, 5.74) is 1.99. The van der Waals surface area contributed by atoms with Gasteiger partial charge in [0.2, 0.25) is 5.95 Å². The van der Waals surface area contributed by atoms with Crippen LogP contribution in [-0.2, 0) is 0 Å². The minimum atomic E-state index is -0.243. The van der Waals surface area contributed by atoms with Crippen molar-refractivity contribution in [1.29, 1.82) is 0 Å². The van der Waals surface area contributed by atoms with E-state index in [-0.39, 0.29) is 6.10 Å². The van der Waals surface area contributed by atoms with Crippen molar-refractivity contribution in [1.82, 2.24) is 14.6 Å². The highest BCUT2D eigenvalue weighted by molar-refractivity contribution is 5.49. The van der Waals surface area contributed by atoms with Crippen LogP contribution in [0.1, 0.15) is 25.3 Å². The summed E-state index contributed by atoms with van der Waals surface area (Å²) in [6.45, 7) is 4.59. The van der Waals surface area contributed by atoms with Gasteiger partial charge in [0.1, 0.15) is 0 Å². The molecule has 0 aromatic carbocycles. The molecule has 0 fully saturated rings. The molecule has 0 spiro atoms. The zero-order valence-electron chi connectivity index (χ0n) is 10.2. The lowest BCUT2D eigenvalue weighted by molar-refractivity contribution is 0.183. The molecule has 1 atom stereocenters. The molecule has 0 radical (unpaired) electrons. The second-order valence-electron chi connectivity index (χ2n) is 4.31. The molecule has 0 saturated heterocycles. The molecule has 2 aromatic heterocycles. The van der Waals surface area contributed by atoms with E-state index in [4.69, 9.17) is 5.11 Å². The number of aliphatic hydroxyl groups excluding tert-OH is 1. The molecule has 5 nitrogen and oxygen atoms in total. The van der Waals surface area contributed by atoms with E-state index in [0.717, 1.165) is 30.6 Å². The van der Waals surface area contributed by atoms with Crippen LogP contribution in [0.3, 0.4) is 0 Å². The maximum absolute atomic E-state index is 9.14. The van der Waals surface area contributed by atoms with E-state index in [2.05, 4.69) is 15.4 Å². The normalized spacial score (nSPS) is 12.9. The first-order valence-corrected chi connectivity index (χ1v) is 5.91. The zero-order valence-corrected chi connectivity index (χ0v) is 10.2. The molecule has 2 aromatic rings. The monoisotopic (exact) mass is 234 g/mol. The number of aryl methyl sites for hydroxylation is 1. The molecule has 17 heavy (non-hydrogen) atoms. The van der Waals surface area contributed by atoms with E-state index in [1.165, 1.54) is 0 Å². The molecule has 92 valence electrons. The highest BCUT2D eigenvalue weighted by Crippen LogP contribution is 2.09. The number of aromatic nitrogens is 3. The first kappa shape index (κ1) is 11.9. The smallest absolute Gasteiger partial charge is 0.243 e. The fourth-order valence-electron chi connectivity index (χ4n) is 1.71. The minimum Gasteiger partial charge on any atom is -0.393 e. The fraction of sp³-hybridized carbons (Fsp3) is 0.500. The fourth-order valence-corrected chi connectivity index (χ4v) is 1.71. The third-order valence-electron chi connectivity index (χ3n) is 2.64. The number of fused-ring (bicyclic) bond motifs is 1. The Hall–Kier alpha value is -1.62. The lowest BCUT2D eigenvalue weighted by atomic mass is 10.2. The molecule has 0 aliphatic rings. The van der Waals surface area contributed by atoms with Gasteiger partial charge in [0.05, 0.1) is 6.10 Å². The Morgan fingerprint density at radius 2 is 2.35 bits per heavy atom. The first-order chi connectivity index (χ1) is 8.16. The average molecular weight is 234 g/mol. The van der Waals surface area contributed by atoms with Crippen molar-refractivity contribution in [2.45, 2.75) is 32.8 Å². The number of rotatable bonds is 5. The van der Waals surface area contributed by atoms with Crippen molar-refractivity contribution < 1.29 is 5.11 Å². The van der Waals surface area contributed by atoms with Crippen LogP contribution in [0.25, 0.3) is 5.65 Å². The maximum atomic E-state index is 9.14. The Balaban J connectivity index is 1.98. The van der Waals surface area contributed by atoms with Gasteiger partial charge in [0.15, 0.2) is 5.65 Å². The third-order valence-corrected chi connectivity index (χ3v) is 2.64. The summed E-state index contributed by atoms with van der Waals surface area (Å²) >= 11 is 0. The summed E-state index contributed by atoms with van der Waals surface area (Å²) < 4.78 is 1.77. The molecule has 0 aliphatic carbocycles. The number of hydrogen-bond donors (Lipinski definition) is 2. The van der Waals surface area contributed by atoms with E-state index in [9.17, 15) is 0 Å². The predicted octanol–water partition coefficient (Wildman–Crippen LogP) is 1.61. The Kier molecular flexibility index (Phi) is 3.58. The van der Waals surface area contributed by atoms with Crippen molar-refractivity contribution in [3.8, 4) is 0 Å². The van der Waals surface area contributed by atoms with Crippen LogP contribution in [0, 0.1) is 6.92 Å². The lowest BCUT2D eigenvalue weighted by Gasteiger charge is -2.03. The number of aliphatic hydroxyl groups is 1. The van der Waals surface area contributed by atoms with Crippen molar-refractivity contribution in [2.75, 3.05) is 11.9 Å². The predicted molar refractivity (Wildman–Crippen MR) is 67.1 cm³/mol. The van der Waals surface area contributed by atoms with E-state index < -0.39 is 0 Å². The molecule has 2 N–H and O–H groups in total. The van der Waals surface area contributed by atoms with Gasteiger partial charge in [0, 0.05) is 12.7 Å². The second kappa shape index (κ2) is 5.14. The maximum Gasteiger partial charge on any atom is 0.243 e. The van der Waals surface area contributed by atoms with Crippen molar-refractivity contribution in [3.05, 3.63) is 23.9 Å². The van der Waals surface area contributed by atoms with Gasteiger partial charge in [-0.05, 0) is 38.3 Å². The van der Waals surface area contributed by atoms with Gasteiger partial charge < -0.3 is 10.4 Å². The number of nitrogens with zero attached hydrogens (tertiary/aromatic N) is 3. The minimum absolute atomic E-state index is 0.243. The Morgan fingerprint density at radius 1 is 1.53 bits per heavy atom. The number of nitrogens with one attached hydrogen (secondary N) is 1. The van der Waals surface area contributed by atoms with Crippen LogP contribution in [0.15, 0.2) is 18.3 Å². The molecule has 1 unspecified atom stereocenters. The highest BCUT2D eigenvalue weighted by Gasteiger charge is 2.04. The van der Waals surface area contributed by atoms with Gasteiger partial charge >= 0.3 is 0 Å². The van der Waals surface area contributed by atoms with Gasteiger partial charge in [0.25, 0.3) is 0 Å². The lowest BCUT2D eigenvalue weighted by Crippen LogP contribution is -2.07. The Morgan fingerprint density at radius 3 is 3.06 bits per heavy atom. The summed E-state index contributed by atoms with van der Waals surface area (Å²) in [5.74, 6) is 0.643. The quantitative estimate of drug-likeness (QED) is 0.771.